The highest BCUT2D eigenvalue weighted by molar-refractivity contribution is 9.10. The molecule has 7 heteroatoms. The van der Waals surface area contributed by atoms with Crippen LogP contribution >= 0.6 is 15.9 Å². The minimum atomic E-state index is 0.0561. The summed E-state index contributed by atoms with van der Waals surface area (Å²) in [6.07, 6.45) is 0. The molecule has 1 aliphatic heterocycles. The molecule has 1 saturated heterocycles. The third kappa shape index (κ3) is 4.14. The SMILES string of the molecule is O=C(c1ccccc1Br)N1CCN(c2ccc(Nc3ccccc3)nn2)CC1. The average Bonchev–Trinajstić information content (AvgIpc) is 2.75. The predicted octanol–water partition coefficient (Wildman–Crippen LogP) is 3.95. The fraction of sp³-hybridized carbons (Fsp3) is 0.190. The van der Waals surface area contributed by atoms with Gasteiger partial charge >= 0.3 is 0 Å². The van der Waals surface area contributed by atoms with Crippen LogP contribution in [0.25, 0.3) is 0 Å². The second-order valence-corrected chi connectivity index (χ2v) is 7.38. The summed E-state index contributed by atoms with van der Waals surface area (Å²) in [5.74, 6) is 1.59. The summed E-state index contributed by atoms with van der Waals surface area (Å²) in [6.45, 7) is 2.78. The number of hydrogen-bond acceptors (Lipinski definition) is 5. The van der Waals surface area contributed by atoms with E-state index in [1.807, 2.05) is 71.6 Å². The van der Waals surface area contributed by atoms with Crippen LogP contribution in [0.5, 0.6) is 0 Å². The maximum absolute atomic E-state index is 12.7. The molecule has 2 aromatic carbocycles. The summed E-state index contributed by atoms with van der Waals surface area (Å²) < 4.78 is 0.829. The molecule has 1 aromatic heterocycles. The lowest BCUT2D eigenvalue weighted by molar-refractivity contribution is 0.0745. The number of halogens is 1. The number of rotatable bonds is 4. The van der Waals surface area contributed by atoms with Crippen molar-refractivity contribution in [2.75, 3.05) is 36.4 Å². The smallest absolute Gasteiger partial charge is 0.255 e. The van der Waals surface area contributed by atoms with Gasteiger partial charge in [0, 0.05) is 36.3 Å². The fourth-order valence-electron chi connectivity index (χ4n) is 3.17. The van der Waals surface area contributed by atoms with Gasteiger partial charge < -0.3 is 15.1 Å². The molecular weight excluding hydrogens is 418 g/mol. The number of carbonyl (C=O) groups is 1. The van der Waals surface area contributed by atoms with E-state index < -0.39 is 0 Å². The highest BCUT2D eigenvalue weighted by Gasteiger charge is 2.24. The van der Waals surface area contributed by atoms with Crippen molar-refractivity contribution in [3.8, 4) is 0 Å². The Bertz CT molecular complexity index is 941. The Morgan fingerprint density at radius 2 is 1.57 bits per heavy atom. The van der Waals surface area contributed by atoms with Gasteiger partial charge in [0.1, 0.15) is 0 Å². The van der Waals surface area contributed by atoms with Gasteiger partial charge in [0.05, 0.1) is 5.56 Å². The van der Waals surface area contributed by atoms with E-state index >= 15 is 0 Å². The summed E-state index contributed by atoms with van der Waals surface area (Å²) >= 11 is 3.46. The topological polar surface area (TPSA) is 61.4 Å². The zero-order valence-electron chi connectivity index (χ0n) is 15.3. The van der Waals surface area contributed by atoms with E-state index in [9.17, 15) is 4.79 Å². The number of benzene rings is 2. The number of anilines is 3. The van der Waals surface area contributed by atoms with Crippen molar-refractivity contribution in [3.05, 3.63) is 76.8 Å². The third-order valence-corrected chi connectivity index (χ3v) is 5.38. The maximum Gasteiger partial charge on any atom is 0.255 e. The molecule has 0 bridgehead atoms. The molecule has 1 aliphatic rings. The molecule has 3 aromatic rings. The van der Waals surface area contributed by atoms with Gasteiger partial charge in [-0.05, 0) is 52.3 Å². The largest absolute Gasteiger partial charge is 0.352 e. The molecule has 0 atom stereocenters. The van der Waals surface area contributed by atoms with Crippen LogP contribution in [0.2, 0.25) is 0 Å². The van der Waals surface area contributed by atoms with Crippen LogP contribution in [-0.4, -0.2) is 47.2 Å². The number of amides is 1. The highest BCUT2D eigenvalue weighted by Crippen LogP contribution is 2.21. The zero-order valence-corrected chi connectivity index (χ0v) is 16.8. The first kappa shape index (κ1) is 18.4. The second-order valence-electron chi connectivity index (χ2n) is 6.53. The van der Waals surface area contributed by atoms with Crippen LogP contribution in [0.4, 0.5) is 17.3 Å². The molecule has 0 spiro atoms. The van der Waals surface area contributed by atoms with Crippen molar-refractivity contribution in [2.45, 2.75) is 0 Å². The lowest BCUT2D eigenvalue weighted by Crippen LogP contribution is -2.49. The van der Waals surface area contributed by atoms with Crippen LogP contribution in [0.15, 0.2) is 71.2 Å². The molecule has 0 unspecified atom stereocenters. The minimum absolute atomic E-state index is 0.0561. The fourth-order valence-corrected chi connectivity index (χ4v) is 3.63. The molecule has 142 valence electrons. The van der Waals surface area contributed by atoms with Crippen LogP contribution in [0.1, 0.15) is 10.4 Å². The van der Waals surface area contributed by atoms with Crippen molar-refractivity contribution < 1.29 is 4.79 Å². The predicted molar refractivity (Wildman–Crippen MR) is 114 cm³/mol. The van der Waals surface area contributed by atoms with E-state index in [0.717, 1.165) is 29.1 Å². The van der Waals surface area contributed by atoms with Gasteiger partial charge in [-0.2, -0.15) is 0 Å². The van der Waals surface area contributed by atoms with E-state index in [2.05, 4.69) is 36.3 Å². The third-order valence-electron chi connectivity index (χ3n) is 4.69. The van der Waals surface area contributed by atoms with Gasteiger partial charge in [0.25, 0.3) is 5.91 Å². The molecule has 1 N–H and O–H groups in total. The van der Waals surface area contributed by atoms with Crippen LogP contribution in [0, 0.1) is 0 Å². The van der Waals surface area contributed by atoms with E-state index in [1.54, 1.807) is 0 Å². The Morgan fingerprint density at radius 3 is 2.25 bits per heavy atom. The lowest BCUT2D eigenvalue weighted by atomic mass is 10.2. The van der Waals surface area contributed by atoms with Crippen LogP contribution in [0.3, 0.4) is 0 Å². The first-order chi connectivity index (χ1) is 13.7. The first-order valence-electron chi connectivity index (χ1n) is 9.15. The van der Waals surface area contributed by atoms with E-state index in [-0.39, 0.29) is 5.91 Å². The van der Waals surface area contributed by atoms with E-state index in [4.69, 9.17) is 0 Å². The lowest BCUT2D eigenvalue weighted by Gasteiger charge is -2.35. The molecule has 6 nitrogen and oxygen atoms in total. The van der Waals surface area contributed by atoms with Crippen LogP contribution < -0.4 is 10.2 Å². The number of nitrogens with one attached hydrogen (secondary N) is 1. The summed E-state index contributed by atoms with van der Waals surface area (Å²) in [6, 6.07) is 21.3. The molecular formula is C21H20BrN5O. The van der Waals surface area contributed by atoms with Crippen molar-refractivity contribution in [3.63, 3.8) is 0 Å². The molecule has 0 aliphatic carbocycles. The summed E-state index contributed by atoms with van der Waals surface area (Å²) in [5.41, 5.74) is 1.68. The average molecular weight is 438 g/mol. The van der Waals surface area contributed by atoms with E-state index in [1.165, 1.54) is 0 Å². The molecule has 1 amide bonds. The van der Waals surface area contributed by atoms with Crippen molar-refractivity contribution in [2.24, 2.45) is 0 Å². The molecule has 4 rings (SSSR count). The number of carbonyl (C=O) groups excluding carboxylic acids is 1. The van der Waals surface area contributed by atoms with Crippen LogP contribution in [-0.2, 0) is 0 Å². The van der Waals surface area contributed by atoms with Gasteiger partial charge in [0.2, 0.25) is 0 Å². The zero-order chi connectivity index (χ0) is 19.3. The summed E-state index contributed by atoms with van der Waals surface area (Å²) in [4.78, 5) is 16.8. The molecule has 1 fully saturated rings. The number of piperazine rings is 1. The molecule has 2 heterocycles. The van der Waals surface area contributed by atoms with Crippen molar-refractivity contribution >= 4 is 39.2 Å². The van der Waals surface area contributed by atoms with Crippen molar-refractivity contribution in [1.82, 2.24) is 15.1 Å². The Morgan fingerprint density at radius 1 is 0.857 bits per heavy atom. The van der Waals surface area contributed by atoms with Crippen molar-refractivity contribution in [1.29, 1.82) is 0 Å². The highest BCUT2D eigenvalue weighted by atomic mass is 79.9. The summed E-state index contributed by atoms with van der Waals surface area (Å²) in [5, 5.41) is 11.8. The monoisotopic (exact) mass is 437 g/mol. The number of nitrogens with zero attached hydrogens (tertiary/aromatic N) is 4. The van der Waals surface area contributed by atoms with Gasteiger partial charge in [-0.15, -0.1) is 10.2 Å². The Hall–Kier alpha value is -2.93. The van der Waals surface area contributed by atoms with Gasteiger partial charge in [-0.25, -0.2) is 0 Å². The second kappa shape index (κ2) is 8.39. The summed E-state index contributed by atoms with van der Waals surface area (Å²) in [7, 11) is 0. The number of hydrogen-bond donors (Lipinski definition) is 1. The first-order valence-corrected chi connectivity index (χ1v) is 9.94. The Balaban J connectivity index is 1.36. The standard InChI is InChI=1S/C21H20BrN5O/c22-18-9-5-4-8-17(18)21(28)27-14-12-26(13-15-27)20-11-10-19(24-25-20)23-16-6-2-1-3-7-16/h1-11H,12-15H2,(H,23,24). The minimum Gasteiger partial charge on any atom is -0.352 e. The molecule has 0 radical (unpaired) electrons. The Kier molecular flexibility index (Phi) is 5.53. The molecule has 0 saturated carbocycles. The number of aromatic nitrogens is 2. The van der Waals surface area contributed by atoms with Gasteiger partial charge in [-0.1, -0.05) is 30.3 Å². The quantitative estimate of drug-likeness (QED) is 0.669. The maximum atomic E-state index is 12.7. The van der Waals surface area contributed by atoms with Gasteiger partial charge in [0.15, 0.2) is 11.6 Å². The normalized spacial score (nSPS) is 14.0. The number of para-hydroxylation sites is 1. The van der Waals surface area contributed by atoms with E-state index in [0.29, 0.717) is 24.5 Å². The van der Waals surface area contributed by atoms with Gasteiger partial charge in [-0.3, -0.25) is 4.79 Å². The Labute approximate surface area is 172 Å². The molecule has 28 heavy (non-hydrogen) atoms.